The van der Waals surface area contributed by atoms with Crippen molar-refractivity contribution in [3.63, 3.8) is 0 Å². The number of hydrogen-bond acceptors (Lipinski definition) is 5. The van der Waals surface area contributed by atoms with Crippen LogP contribution in [-0.4, -0.2) is 28.1 Å². The SMILES string of the molecule is C=CCc1cccc(C=NNC(=O)CSc2n[nH]c(-c3cccc(Cl)c3)[n+]2C)c1[O-]. The summed E-state index contributed by atoms with van der Waals surface area (Å²) in [5.74, 6) is 0.465. The molecule has 3 aromatic rings. The summed E-state index contributed by atoms with van der Waals surface area (Å²) < 4.78 is 1.85. The highest BCUT2D eigenvalue weighted by atomic mass is 35.5. The molecule has 9 heteroatoms. The molecule has 0 spiro atoms. The molecule has 30 heavy (non-hydrogen) atoms. The van der Waals surface area contributed by atoms with E-state index in [9.17, 15) is 9.90 Å². The van der Waals surface area contributed by atoms with Crippen LogP contribution in [0.4, 0.5) is 0 Å². The van der Waals surface area contributed by atoms with Gasteiger partial charge in [0.05, 0.1) is 29.7 Å². The number of carbonyl (C=O) groups excluding carboxylic acids is 1. The van der Waals surface area contributed by atoms with Gasteiger partial charge in [-0.25, -0.2) is 9.99 Å². The van der Waals surface area contributed by atoms with E-state index in [1.807, 2.05) is 29.8 Å². The second-order valence-electron chi connectivity index (χ2n) is 6.33. The molecule has 1 heterocycles. The highest BCUT2D eigenvalue weighted by Crippen LogP contribution is 2.20. The summed E-state index contributed by atoms with van der Waals surface area (Å²) in [7, 11) is 1.85. The van der Waals surface area contributed by atoms with E-state index in [1.54, 1.807) is 30.3 Å². The van der Waals surface area contributed by atoms with Gasteiger partial charge < -0.3 is 5.11 Å². The van der Waals surface area contributed by atoms with E-state index in [2.05, 4.69) is 27.3 Å². The lowest BCUT2D eigenvalue weighted by Gasteiger charge is -2.15. The molecule has 7 nitrogen and oxygen atoms in total. The first-order valence-corrected chi connectivity index (χ1v) is 10.4. The summed E-state index contributed by atoms with van der Waals surface area (Å²) in [6.07, 6.45) is 3.51. The number of aromatic nitrogens is 3. The largest absolute Gasteiger partial charge is 0.872 e. The first kappa shape index (κ1) is 21.6. The highest BCUT2D eigenvalue weighted by molar-refractivity contribution is 7.99. The minimum Gasteiger partial charge on any atom is -0.872 e. The molecule has 0 unspecified atom stereocenters. The second-order valence-corrected chi connectivity index (χ2v) is 7.71. The molecule has 0 bridgehead atoms. The Morgan fingerprint density at radius 3 is 2.97 bits per heavy atom. The van der Waals surface area contributed by atoms with Crippen LogP contribution in [0.5, 0.6) is 5.75 Å². The van der Waals surface area contributed by atoms with Crippen LogP contribution < -0.4 is 15.1 Å². The number of para-hydroxylation sites is 1. The van der Waals surface area contributed by atoms with Gasteiger partial charge in [0.25, 0.3) is 11.7 Å². The van der Waals surface area contributed by atoms with Crippen LogP contribution in [0.3, 0.4) is 0 Å². The number of amides is 1. The quantitative estimate of drug-likeness (QED) is 0.184. The predicted octanol–water partition coefficient (Wildman–Crippen LogP) is 2.60. The number of rotatable bonds is 8. The third-order valence-corrected chi connectivity index (χ3v) is 5.46. The number of allylic oxidation sites excluding steroid dienone is 1. The first-order valence-electron chi connectivity index (χ1n) is 9.04. The lowest BCUT2D eigenvalue weighted by molar-refractivity contribution is -0.698. The Morgan fingerprint density at radius 2 is 2.20 bits per heavy atom. The Morgan fingerprint density at radius 1 is 1.40 bits per heavy atom. The minimum absolute atomic E-state index is 0.117. The Balaban J connectivity index is 1.57. The van der Waals surface area contributed by atoms with Gasteiger partial charge in [-0.15, -0.1) is 11.7 Å². The summed E-state index contributed by atoms with van der Waals surface area (Å²) in [4.78, 5) is 12.1. The van der Waals surface area contributed by atoms with Crippen molar-refractivity contribution in [1.29, 1.82) is 0 Å². The van der Waals surface area contributed by atoms with Gasteiger partial charge in [0.15, 0.2) is 0 Å². The van der Waals surface area contributed by atoms with Crippen molar-refractivity contribution in [3.8, 4) is 17.1 Å². The third kappa shape index (κ3) is 5.28. The van der Waals surface area contributed by atoms with Gasteiger partial charge in [-0.2, -0.15) is 5.10 Å². The zero-order valence-corrected chi connectivity index (χ0v) is 17.8. The maximum Gasteiger partial charge on any atom is 0.337 e. The van der Waals surface area contributed by atoms with Gasteiger partial charge in [-0.1, -0.05) is 53.3 Å². The average Bonchev–Trinajstić information content (AvgIpc) is 3.10. The van der Waals surface area contributed by atoms with E-state index in [0.29, 0.717) is 27.7 Å². The minimum atomic E-state index is -0.307. The number of H-pyrrole nitrogens is 1. The second kappa shape index (κ2) is 10.1. The van der Waals surface area contributed by atoms with Crippen molar-refractivity contribution in [2.45, 2.75) is 11.6 Å². The fourth-order valence-electron chi connectivity index (χ4n) is 2.73. The van der Waals surface area contributed by atoms with Crippen LogP contribution in [0.1, 0.15) is 11.1 Å². The summed E-state index contributed by atoms with van der Waals surface area (Å²) >= 11 is 7.31. The topological polar surface area (TPSA) is 97.1 Å². The fourth-order valence-corrected chi connectivity index (χ4v) is 3.64. The van der Waals surface area contributed by atoms with Crippen LogP contribution in [0, 0.1) is 0 Å². The summed E-state index contributed by atoms with van der Waals surface area (Å²) in [6.45, 7) is 3.64. The Bertz CT molecular complexity index is 1100. The van der Waals surface area contributed by atoms with E-state index >= 15 is 0 Å². The van der Waals surface area contributed by atoms with E-state index < -0.39 is 0 Å². The van der Waals surface area contributed by atoms with Crippen molar-refractivity contribution in [3.05, 3.63) is 71.3 Å². The average molecular weight is 442 g/mol. The molecule has 1 amide bonds. The molecule has 0 aliphatic carbocycles. The van der Waals surface area contributed by atoms with E-state index in [1.165, 1.54) is 18.0 Å². The molecule has 0 saturated heterocycles. The van der Waals surface area contributed by atoms with Gasteiger partial charge in [-0.05, 0) is 41.9 Å². The van der Waals surface area contributed by atoms with E-state index in [4.69, 9.17) is 11.6 Å². The Hall–Kier alpha value is -3.10. The van der Waals surface area contributed by atoms with Crippen LogP contribution in [0.25, 0.3) is 11.4 Å². The molecule has 154 valence electrons. The van der Waals surface area contributed by atoms with Crippen LogP contribution >= 0.6 is 23.4 Å². The molecule has 0 fully saturated rings. The van der Waals surface area contributed by atoms with Gasteiger partial charge in [-0.3, -0.25) is 4.79 Å². The van der Waals surface area contributed by atoms with Crippen molar-refractivity contribution < 1.29 is 14.5 Å². The van der Waals surface area contributed by atoms with Crippen LogP contribution in [0.2, 0.25) is 5.02 Å². The normalized spacial score (nSPS) is 11.0. The number of nitrogens with zero attached hydrogens (tertiary/aromatic N) is 3. The molecule has 3 rings (SSSR count). The Labute approximate surface area is 183 Å². The van der Waals surface area contributed by atoms with Crippen molar-refractivity contribution in [2.75, 3.05) is 5.75 Å². The zero-order valence-electron chi connectivity index (χ0n) is 16.3. The van der Waals surface area contributed by atoms with Gasteiger partial charge in [0.2, 0.25) is 0 Å². The van der Waals surface area contributed by atoms with Gasteiger partial charge in [0, 0.05) is 5.02 Å². The maximum atomic E-state index is 12.2. The highest BCUT2D eigenvalue weighted by Gasteiger charge is 2.20. The fraction of sp³-hybridized carbons (Fsp3) is 0.143. The lowest BCUT2D eigenvalue weighted by atomic mass is 10.1. The zero-order chi connectivity index (χ0) is 21.5. The Kier molecular flexibility index (Phi) is 7.26. The monoisotopic (exact) mass is 441 g/mol. The molecule has 1 aromatic heterocycles. The maximum absolute atomic E-state index is 12.2. The molecule has 0 atom stereocenters. The molecule has 0 aliphatic rings. The lowest BCUT2D eigenvalue weighted by Crippen LogP contribution is -2.32. The standard InChI is InChI=1S/C21H20ClN5O2S/c1-3-6-14-7-4-9-16(19(14)29)12-23-24-18(28)13-30-21-26-25-20(27(21)2)15-8-5-10-17(22)11-15/h3-5,7-12H,1,6,13H2,2H3,(H2,23,24,28,29). The third-order valence-electron chi connectivity index (χ3n) is 4.19. The van der Waals surface area contributed by atoms with Gasteiger partial charge >= 0.3 is 5.16 Å². The molecule has 2 aromatic carbocycles. The number of thioether (sulfide) groups is 1. The van der Waals surface area contributed by atoms with Crippen LogP contribution in [0.15, 0.2) is 65.4 Å². The number of nitrogens with one attached hydrogen (secondary N) is 2. The molecule has 2 N–H and O–H groups in total. The molecular formula is C21H20ClN5O2S. The molecule has 0 saturated carbocycles. The number of aromatic amines is 1. The van der Waals surface area contributed by atoms with E-state index in [-0.39, 0.29) is 17.4 Å². The van der Waals surface area contributed by atoms with E-state index in [0.717, 1.165) is 11.4 Å². The summed E-state index contributed by atoms with van der Waals surface area (Å²) in [6, 6.07) is 12.6. The van der Waals surface area contributed by atoms with Crippen molar-refractivity contribution in [1.82, 2.24) is 15.6 Å². The number of hydrazone groups is 1. The number of hydrogen-bond donors (Lipinski definition) is 2. The molecular weight excluding hydrogens is 422 g/mol. The van der Waals surface area contributed by atoms with Crippen molar-refractivity contribution in [2.24, 2.45) is 12.1 Å². The molecule has 0 radical (unpaired) electrons. The molecule has 0 aliphatic heterocycles. The van der Waals surface area contributed by atoms with Crippen LogP contribution in [-0.2, 0) is 18.3 Å². The van der Waals surface area contributed by atoms with Crippen molar-refractivity contribution >= 4 is 35.5 Å². The number of halogens is 1. The summed E-state index contributed by atoms with van der Waals surface area (Å²) in [5.41, 5.74) is 4.37. The predicted molar refractivity (Wildman–Crippen MR) is 116 cm³/mol. The van der Waals surface area contributed by atoms with Gasteiger partial charge in [0.1, 0.15) is 0 Å². The summed E-state index contributed by atoms with van der Waals surface area (Å²) in [5, 5.41) is 24.6. The smallest absolute Gasteiger partial charge is 0.337 e. The first-order chi connectivity index (χ1) is 14.5. The number of benzene rings is 2. The number of carbonyl (C=O) groups is 1.